The number of aromatic nitrogens is 1. The highest BCUT2D eigenvalue weighted by atomic mass is 79.9. The Morgan fingerprint density at radius 3 is 2.64 bits per heavy atom. The molecule has 1 aromatic rings. The van der Waals surface area contributed by atoms with Gasteiger partial charge in [-0.3, -0.25) is 4.98 Å². The van der Waals surface area contributed by atoms with Gasteiger partial charge in [-0.05, 0) is 28.9 Å². The van der Waals surface area contributed by atoms with E-state index in [2.05, 4.69) is 20.9 Å². The van der Waals surface area contributed by atoms with Crippen molar-refractivity contribution in [1.82, 2.24) is 4.98 Å². The van der Waals surface area contributed by atoms with E-state index in [9.17, 15) is 0 Å². The lowest BCUT2D eigenvalue weighted by Crippen LogP contribution is -2.30. The average Bonchev–Trinajstić information content (AvgIpc) is 2.16. The third-order valence-electron chi connectivity index (χ3n) is 1.93. The van der Waals surface area contributed by atoms with Crippen LogP contribution in [0.4, 0.5) is 0 Å². The first kappa shape index (κ1) is 11.6. The predicted molar refractivity (Wildman–Crippen MR) is 57.2 cm³/mol. The molecule has 1 rings (SSSR count). The van der Waals surface area contributed by atoms with Gasteiger partial charge < -0.3 is 14.8 Å². The summed E-state index contributed by atoms with van der Waals surface area (Å²) in [6.45, 7) is 1.86. The van der Waals surface area contributed by atoms with Gasteiger partial charge in [-0.15, -0.1) is 0 Å². The first-order valence-electron chi connectivity index (χ1n) is 4.10. The highest BCUT2D eigenvalue weighted by molar-refractivity contribution is 9.10. The third-order valence-corrected chi connectivity index (χ3v) is 2.56. The zero-order valence-electron chi connectivity index (χ0n) is 7.94. The number of ether oxygens (including phenoxy) is 1. The van der Waals surface area contributed by atoms with E-state index in [0.29, 0.717) is 9.94 Å². The molecule has 0 aromatic carbocycles. The van der Waals surface area contributed by atoms with Crippen molar-refractivity contribution in [1.29, 1.82) is 0 Å². The van der Waals surface area contributed by atoms with Crippen LogP contribution < -0.4 is 5.46 Å². The number of hydrogen-bond acceptors (Lipinski definition) is 4. The summed E-state index contributed by atoms with van der Waals surface area (Å²) in [6.07, 6.45) is 1.29. The zero-order valence-corrected chi connectivity index (χ0v) is 9.52. The molecule has 0 fully saturated rings. The molecule has 1 heterocycles. The lowest BCUT2D eigenvalue weighted by molar-refractivity contribution is 0.115. The molecule has 0 saturated carbocycles. The van der Waals surface area contributed by atoms with Crippen molar-refractivity contribution >= 4 is 28.5 Å². The fourth-order valence-corrected chi connectivity index (χ4v) is 1.70. The Bertz CT molecular complexity index is 321. The summed E-state index contributed by atoms with van der Waals surface area (Å²) in [4.78, 5) is 4.08. The van der Waals surface area contributed by atoms with Gasteiger partial charge in [0.2, 0.25) is 0 Å². The molecule has 0 spiro atoms. The number of halogens is 1. The Hall–Kier alpha value is -0.425. The van der Waals surface area contributed by atoms with E-state index in [4.69, 9.17) is 14.8 Å². The van der Waals surface area contributed by atoms with E-state index in [1.807, 2.05) is 6.92 Å². The Morgan fingerprint density at radius 2 is 2.21 bits per heavy atom. The molecule has 0 aliphatic carbocycles. The smallest absolute Gasteiger partial charge is 0.423 e. The standard InChI is InChI=1S/C8H11BBrNO3/c1-5(14-2)8-7(10)3-6(4-11-8)9(12)13/h3-5,12-13H,1-2H3/t5-/m0/s1. The molecule has 0 aliphatic heterocycles. The van der Waals surface area contributed by atoms with Crippen LogP contribution in [0.1, 0.15) is 18.7 Å². The van der Waals surface area contributed by atoms with Crippen molar-refractivity contribution in [2.75, 3.05) is 7.11 Å². The fraction of sp³-hybridized carbons (Fsp3) is 0.375. The molecule has 0 bridgehead atoms. The minimum Gasteiger partial charge on any atom is -0.423 e. The summed E-state index contributed by atoms with van der Waals surface area (Å²) in [5.41, 5.74) is 1.08. The maximum Gasteiger partial charge on any atom is 0.490 e. The summed E-state index contributed by atoms with van der Waals surface area (Å²) < 4.78 is 5.81. The first-order valence-corrected chi connectivity index (χ1v) is 4.89. The van der Waals surface area contributed by atoms with Gasteiger partial charge in [0.15, 0.2) is 0 Å². The topological polar surface area (TPSA) is 62.6 Å². The van der Waals surface area contributed by atoms with Crippen molar-refractivity contribution in [3.8, 4) is 0 Å². The normalized spacial score (nSPS) is 12.6. The van der Waals surface area contributed by atoms with Crippen molar-refractivity contribution in [2.45, 2.75) is 13.0 Å². The molecule has 4 nitrogen and oxygen atoms in total. The largest absolute Gasteiger partial charge is 0.490 e. The molecule has 14 heavy (non-hydrogen) atoms. The second-order valence-electron chi connectivity index (χ2n) is 2.89. The lowest BCUT2D eigenvalue weighted by Gasteiger charge is -2.11. The number of nitrogens with zero attached hydrogens (tertiary/aromatic N) is 1. The van der Waals surface area contributed by atoms with Crippen LogP contribution in [-0.2, 0) is 4.74 Å². The Labute approximate surface area is 91.2 Å². The molecule has 1 atom stereocenters. The van der Waals surface area contributed by atoms with Gasteiger partial charge in [-0.1, -0.05) is 0 Å². The molecule has 0 aliphatic rings. The summed E-state index contributed by atoms with van der Waals surface area (Å²) >= 11 is 3.29. The van der Waals surface area contributed by atoms with Crippen LogP contribution >= 0.6 is 15.9 Å². The van der Waals surface area contributed by atoms with Gasteiger partial charge >= 0.3 is 7.12 Å². The molecule has 0 amide bonds. The van der Waals surface area contributed by atoms with Gasteiger partial charge in [0.25, 0.3) is 0 Å². The highest BCUT2D eigenvalue weighted by Gasteiger charge is 2.16. The van der Waals surface area contributed by atoms with Crippen LogP contribution in [0.25, 0.3) is 0 Å². The van der Waals surface area contributed by atoms with Crippen LogP contribution in [0, 0.1) is 0 Å². The van der Waals surface area contributed by atoms with Gasteiger partial charge in [0.05, 0.1) is 11.8 Å². The van der Waals surface area contributed by atoms with E-state index in [-0.39, 0.29) is 6.10 Å². The van der Waals surface area contributed by atoms with Gasteiger partial charge in [0, 0.05) is 23.2 Å². The molecular weight excluding hydrogens is 249 g/mol. The summed E-state index contributed by atoms with van der Waals surface area (Å²) in [5.74, 6) is 0. The quantitative estimate of drug-likeness (QED) is 0.763. The molecule has 1 aromatic heterocycles. The monoisotopic (exact) mass is 259 g/mol. The highest BCUT2D eigenvalue weighted by Crippen LogP contribution is 2.21. The predicted octanol–water partition coefficient (Wildman–Crippen LogP) is 0.231. The minimum absolute atomic E-state index is 0.130. The van der Waals surface area contributed by atoms with E-state index in [1.54, 1.807) is 13.2 Å². The van der Waals surface area contributed by atoms with Crippen molar-refractivity contribution in [3.63, 3.8) is 0 Å². The van der Waals surface area contributed by atoms with E-state index in [1.165, 1.54) is 6.20 Å². The SMILES string of the molecule is CO[C@@H](C)c1ncc(B(O)O)cc1Br. The molecule has 76 valence electrons. The van der Waals surface area contributed by atoms with Crippen molar-refractivity contribution < 1.29 is 14.8 Å². The number of hydrogen-bond donors (Lipinski definition) is 2. The second kappa shape index (κ2) is 4.88. The average molecular weight is 260 g/mol. The molecular formula is C8H11BBrNO3. The Morgan fingerprint density at radius 1 is 1.57 bits per heavy atom. The maximum atomic E-state index is 8.90. The third kappa shape index (κ3) is 2.54. The van der Waals surface area contributed by atoms with Crippen molar-refractivity contribution in [2.24, 2.45) is 0 Å². The summed E-state index contributed by atoms with van der Waals surface area (Å²) in [5, 5.41) is 17.8. The number of methoxy groups -OCH3 is 1. The second-order valence-corrected chi connectivity index (χ2v) is 3.74. The van der Waals surface area contributed by atoms with Gasteiger partial charge in [-0.25, -0.2) is 0 Å². The van der Waals surface area contributed by atoms with Crippen LogP contribution in [-0.4, -0.2) is 29.3 Å². The lowest BCUT2D eigenvalue weighted by atomic mass is 9.81. The van der Waals surface area contributed by atoms with Crippen LogP contribution in [0.15, 0.2) is 16.7 Å². The molecule has 0 saturated heterocycles. The van der Waals surface area contributed by atoms with Crippen molar-refractivity contribution in [3.05, 3.63) is 22.4 Å². The summed E-state index contributed by atoms with van der Waals surface area (Å²) in [6, 6.07) is 1.61. The number of pyridine rings is 1. The number of rotatable bonds is 3. The van der Waals surface area contributed by atoms with E-state index in [0.717, 1.165) is 5.69 Å². The molecule has 0 radical (unpaired) electrons. The van der Waals surface area contributed by atoms with Crippen LogP contribution in [0.2, 0.25) is 0 Å². The zero-order chi connectivity index (χ0) is 10.7. The van der Waals surface area contributed by atoms with Gasteiger partial charge in [0.1, 0.15) is 0 Å². The molecule has 6 heteroatoms. The fourth-order valence-electron chi connectivity index (χ4n) is 1.02. The maximum absolute atomic E-state index is 8.90. The Balaban J connectivity index is 3.01. The van der Waals surface area contributed by atoms with E-state index >= 15 is 0 Å². The minimum atomic E-state index is -1.49. The van der Waals surface area contributed by atoms with Crippen LogP contribution in [0.5, 0.6) is 0 Å². The van der Waals surface area contributed by atoms with Crippen LogP contribution in [0.3, 0.4) is 0 Å². The Kier molecular flexibility index (Phi) is 4.06. The molecule has 0 unspecified atom stereocenters. The summed E-state index contributed by atoms with van der Waals surface area (Å²) in [7, 11) is 0.0961. The van der Waals surface area contributed by atoms with E-state index < -0.39 is 7.12 Å². The molecule has 2 N–H and O–H groups in total. The van der Waals surface area contributed by atoms with Gasteiger partial charge in [-0.2, -0.15) is 0 Å². The first-order chi connectivity index (χ1) is 6.56.